The van der Waals surface area contributed by atoms with Gasteiger partial charge in [0.1, 0.15) is 11.8 Å². The molecule has 0 bridgehead atoms. The van der Waals surface area contributed by atoms with Crippen LogP contribution in [0.25, 0.3) is 5.69 Å². The van der Waals surface area contributed by atoms with Crippen LogP contribution < -0.4 is 0 Å². The molecule has 1 fully saturated rings. The smallest absolute Gasteiger partial charge is 0.356 e. The van der Waals surface area contributed by atoms with E-state index in [2.05, 4.69) is 10.1 Å². The van der Waals surface area contributed by atoms with Crippen molar-refractivity contribution in [1.29, 1.82) is 5.26 Å². The maximum absolute atomic E-state index is 11.3. The zero-order chi connectivity index (χ0) is 13.9. The van der Waals surface area contributed by atoms with Crippen LogP contribution in [0.3, 0.4) is 0 Å². The zero-order valence-corrected chi connectivity index (χ0v) is 10.4. The van der Waals surface area contributed by atoms with E-state index in [0.717, 1.165) is 24.1 Å². The Morgan fingerprint density at radius 2 is 2.35 bits per heavy atom. The van der Waals surface area contributed by atoms with E-state index in [1.807, 2.05) is 6.07 Å². The normalized spacial score (nSPS) is 21.9. The summed E-state index contributed by atoms with van der Waals surface area (Å²) in [6.45, 7) is 0. The van der Waals surface area contributed by atoms with Crippen molar-refractivity contribution >= 4 is 5.97 Å². The fourth-order valence-electron chi connectivity index (χ4n) is 3.06. The fourth-order valence-corrected chi connectivity index (χ4v) is 3.06. The van der Waals surface area contributed by atoms with E-state index in [-0.39, 0.29) is 5.69 Å². The molecule has 1 N–H and O–H groups in total. The first-order chi connectivity index (χ1) is 9.69. The maximum atomic E-state index is 11.3. The van der Waals surface area contributed by atoms with Gasteiger partial charge >= 0.3 is 5.97 Å². The molecule has 1 saturated carbocycles. The number of pyridine rings is 1. The summed E-state index contributed by atoms with van der Waals surface area (Å²) in [7, 11) is 0. The standard InChI is InChI=1S/C14H10N4O2/c15-5-8-1-2-9(6-16-8)18-13-10-3-7(10)4-11(13)12(17-18)14(19)20/h1-2,6-7,10H,3-4H2,(H,19,20)/t7-,10-/m1/s1. The van der Waals surface area contributed by atoms with E-state index in [0.29, 0.717) is 23.2 Å². The number of aromatic nitrogens is 3. The van der Waals surface area contributed by atoms with Crippen molar-refractivity contribution in [1.82, 2.24) is 14.8 Å². The van der Waals surface area contributed by atoms with E-state index in [4.69, 9.17) is 5.26 Å². The van der Waals surface area contributed by atoms with E-state index >= 15 is 0 Å². The number of hydrogen-bond donors (Lipinski definition) is 1. The van der Waals surface area contributed by atoms with Crippen molar-refractivity contribution in [2.45, 2.75) is 18.8 Å². The highest BCUT2D eigenvalue weighted by molar-refractivity contribution is 5.88. The summed E-state index contributed by atoms with van der Waals surface area (Å²) in [5, 5.41) is 22.3. The molecular formula is C14H10N4O2. The SMILES string of the molecule is N#Cc1ccc(-n2nc(C(=O)O)c3c2[C@@H]2C[C@@H]2C3)cn1. The van der Waals surface area contributed by atoms with Gasteiger partial charge in [0.05, 0.1) is 17.6 Å². The van der Waals surface area contributed by atoms with Gasteiger partial charge in [-0.25, -0.2) is 14.5 Å². The van der Waals surface area contributed by atoms with Crippen molar-refractivity contribution in [3.63, 3.8) is 0 Å². The Bertz CT molecular complexity index is 770. The van der Waals surface area contributed by atoms with E-state index < -0.39 is 5.97 Å². The van der Waals surface area contributed by atoms with E-state index in [9.17, 15) is 9.90 Å². The lowest BCUT2D eigenvalue weighted by Gasteiger charge is -2.05. The third kappa shape index (κ3) is 1.40. The minimum absolute atomic E-state index is 0.150. The van der Waals surface area contributed by atoms with Crippen molar-refractivity contribution in [3.05, 3.63) is 41.0 Å². The molecule has 6 heteroatoms. The van der Waals surface area contributed by atoms with Gasteiger partial charge in [-0.05, 0) is 30.9 Å². The first kappa shape index (κ1) is 11.2. The molecule has 20 heavy (non-hydrogen) atoms. The Morgan fingerprint density at radius 3 is 3.00 bits per heavy atom. The number of nitriles is 1. The molecule has 2 aromatic heterocycles. The first-order valence-electron chi connectivity index (χ1n) is 6.40. The van der Waals surface area contributed by atoms with Crippen LogP contribution in [0.4, 0.5) is 0 Å². The molecule has 0 unspecified atom stereocenters. The third-order valence-electron chi connectivity index (χ3n) is 4.07. The molecule has 0 spiro atoms. The van der Waals surface area contributed by atoms with Gasteiger partial charge in [-0.3, -0.25) is 0 Å². The number of aromatic carboxylic acids is 1. The zero-order valence-electron chi connectivity index (χ0n) is 10.4. The van der Waals surface area contributed by atoms with Gasteiger partial charge < -0.3 is 5.11 Å². The fraction of sp³-hybridized carbons (Fsp3) is 0.286. The molecule has 2 heterocycles. The summed E-state index contributed by atoms with van der Waals surface area (Å²) in [4.78, 5) is 15.3. The van der Waals surface area contributed by atoms with Crippen molar-refractivity contribution < 1.29 is 9.90 Å². The number of carbonyl (C=O) groups is 1. The molecule has 2 aliphatic carbocycles. The van der Waals surface area contributed by atoms with Crippen LogP contribution in [-0.2, 0) is 6.42 Å². The highest BCUT2D eigenvalue weighted by Gasteiger charge is 2.50. The van der Waals surface area contributed by atoms with Crippen LogP contribution in [0.2, 0.25) is 0 Å². The monoisotopic (exact) mass is 266 g/mol. The maximum Gasteiger partial charge on any atom is 0.356 e. The molecule has 2 aliphatic rings. The van der Waals surface area contributed by atoms with Gasteiger partial charge in [-0.15, -0.1) is 0 Å². The summed E-state index contributed by atoms with van der Waals surface area (Å²) in [5.74, 6) is 0.0304. The number of carboxylic acid groups (broad SMARTS) is 1. The lowest BCUT2D eigenvalue weighted by Crippen LogP contribution is -2.04. The molecule has 2 aromatic rings. The number of hydrogen-bond acceptors (Lipinski definition) is 4. The number of rotatable bonds is 2. The Morgan fingerprint density at radius 1 is 1.50 bits per heavy atom. The second kappa shape index (κ2) is 3.67. The molecule has 4 rings (SSSR count). The van der Waals surface area contributed by atoms with Crippen molar-refractivity contribution in [2.75, 3.05) is 0 Å². The molecular weight excluding hydrogens is 256 g/mol. The lowest BCUT2D eigenvalue weighted by molar-refractivity contribution is 0.0688. The Labute approximate surface area is 114 Å². The predicted molar refractivity (Wildman–Crippen MR) is 67.6 cm³/mol. The first-order valence-corrected chi connectivity index (χ1v) is 6.40. The van der Waals surface area contributed by atoms with Crippen LogP contribution in [0.15, 0.2) is 18.3 Å². The highest BCUT2D eigenvalue weighted by atomic mass is 16.4. The summed E-state index contributed by atoms with van der Waals surface area (Å²) in [6, 6.07) is 5.33. The number of nitrogens with zero attached hydrogens (tertiary/aromatic N) is 4. The molecule has 0 aromatic carbocycles. The Kier molecular flexibility index (Phi) is 2.05. The largest absolute Gasteiger partial charge is 0.476 e. The van der Waals surface area contributed by atoms with Crippen LogP contribution in [-0.4, -0.2) is 25.8 Å². The quantitative estimate of drug-likeness (QED) is 0.889. The van der Waals surface area contributed by atoms with Gasteiger partial charge in [0, 0.05) is 11.5 Å². The minimum Gasteiger partial charge on any atom is -0.476 e. The average molecular weight is 266 g/mol. The molecule has 2 atom stereocenters. The highest BCUT2D eigenvalue weighted by Crippen LogP contribution is 2.57. The van der Waals surface area contributed by atoms with Crippen LogP contribution in [0.5, 0.6) is 0 Å². The number of fused-ring (bicyclic) bond motifs is 3. The van der Waals surface area contributed by atoms with E-state index in [1.54, 1.807) is 23.0 Å². The molecule has 98 valence electrons. The average Bonchev–Trinajstić information content (AvgIpc) is 2.95. The molecule has 0 aliphatic heterocycles. The van der Waals surface area contributed by atoms with Crippen molar-refractivity contribution in [2.24, 2.45) is 5.92 Å². The van der Waals surface area contributed by atoms with Crippen LogP contribution in [0.1, 0.15) is 39.8 Å². The third-order valence-corrected chi connectivity index (χ3v) is 4.07. The van der Waals surface area contributed by atoms with Gasteiger partial charge in [0.2, 0.25) is 0 Å². The second-order valence-electron chi connectivity index (χ2n) is 5.25. The van der Waals surface area contributed by atoms with Gasteiger partial charge in [-0.2, -0.15) is 10.4 Å². The summed E-state index contributed by atoms with van der Waals surface area (Å²) >= 11 is 0. The Hall–Kier alpha value is -2.68. The second-order valence-corrected chi connectivity index (χ2v) is 5.25. The summed E-state index contributed by atoms with van der Waals surface area (Å²) < 4.78 is 1.69. The van der Waals surface area contributed by atoms with Crippen LogP contribution >= 0.6 is 0 Å². The van der Waals surface area contributed by atoms with Crippen molar-refractivity contribution in [3.8, 4) is 11.8 Å². The van der Waals surface area contributed by atoms with E-state index in [1.165, 1.54) is 0 Å². The van der Waals surface area contributed by atoms with Gasteiger partial charge in [-0.1, -0.05) is 0 Å². The molecule has 0 amide bonds. The van der Waals surface area contributed by atoms with Gasteiger partial charge in [0.15, 0.2) is 5.69 Å². The molecule has 0 radical (unpaired) electrons. The summed E-state index contributed by atoms with van der Waals surface area (Å²) in [5.41, 5.74) is 3.07. The lowest BCUT2D eigenvalue weighted by atomic mass is 10.1. The molecule has 6 nitrogen and oxygen atoms in total. The topological polar surface area (TPSA) is 91.8 Å². The molecule has 0 saturated heterocycles. The predicted octanol–water partition coefficient (Wildman–Crippen LogP) is 1.50. The van der Waals surface area contributed by atoms with Crippen LogP contribution in [0, 0.1) is 17.2 Å². The van der Waals surface area contributed by atoms with Gasteiger partial charge in [0.25, 0.3) is 0 Å². The summed E-state index contributed by atoms with van der Waals surface area (Å²) in [6.07, 6.45) is 3.49. The minimum atomic E-state index is -0.983. The number of carboxylic acids is 1. The Balaban J connectivity index is 1.88.